The number of Topliss-reactive ketones (excluding diaryl/α,β-unsaturated/α-hetero) is 1. The molecule has 0 aliphatic rings. The van der Waals surface area contributed by atoms with Crippen LogP contribution in [0.3, 0.4) is 0 Å². The van der Waals surface area contributed by atoms with Gasteiger partial charge in [-0.05, 0) is 31.0 Å². The van der Waals surface area contributed by atoms with Crippen molar-refractivity contribution in [2.75, 3.05) is 7.11 Å². The second-order valence-corrected chi connectivity index (χ2v) is 4.98. The summed E-state index contributed by atoms with van der Waals surface area (Å²) >= 11 is 6.94. The van der Waals surface area contributed by atoms with Crippen molar-refractivity contribution >= 4 is 37.6 Å². The van der Waals surface area contributed by atoms with E-state index < -0.39 is 0 Å². The topological polar surface area (TPSA) is 26.3 Å². The molecule has 0 N–H and O–H groups in total. The van der Waals surface area contributed by atoms with Crippen molar-refractivity contribution in [1.82, 2.24) is 0 Å². The van der Waals surface area contributed by atoms with Crippen LogP contribution < -0.4 is 4.74 Å². The molecule has 4 heteroatoms. The van der Waals surface area contributed by atoms with Crippen LogP contribution in [0, 0.1) is 0 Å². The smallest absolute Gasteiger partial charge is 0.130 e. The highest BCUT2D eigenvalue weighted by Crippen LogP contribution is 2.31. The minimum Gasteiger partial charge on any atom is -0.497 e. The van der Waals surface area contributed by atoms with Crippen molar-refractivity contribution in [3.63, 3.8) is 0 Å². The normalized spacial score (nSPS) is 10.1. The SMILES string of the molecule is COc1cc(Br)c(CCC(C)=O)c(Br)c1. The predicted molar refractivity (Wildman–Crippen MR) is 67.4 cm³/mol. The third-order valence-corrected chi connectivity index (χ3v) is 3.49. The van der Waals surface area contributed by atoms with Gasteiger partial charge in [0.15, 0.2) is 0 Å². The Morgan fingerprint density at radius 2 is 1.87 bits per heavy atom. The number of carbonyl (C=O) groups is 1. The van der Waals surface area contributed by atoms with Crippen LogP contribution in [0.5, 0.6) is 5.75 Å². The van der Waals surface area contributed by atoms with Gasteiger partial charge in [0.25, 0.3) is 0 Å². The molecule has 0 bridgehead atoms. The first-order chi connectivity index (χ1) is 7.04. The van der Waals surface area contributed by atoms with Crippen LogP contribution >= 0.6 is 31.9 Å². The van der Waals surface area contributed by atoms with Crippen LogP contribution in [0.25, 0.3) is 0 Å². The highest BCUT2D eigenvalue weighted by atomic mass is 79.9. The molecule has 0 radical (unpaired) electrons. The van der Waals surface area contributed by atoms with Gasteiger partial charge in [-0.25, -0.2) is 0 Å². The predicted octanol–water partition coefficient (Wildman–Crippen LogP) is 3.74. The van der Waals surface area contributed by atoms with E-state index in [-0.39, 0.29) is 5.78 Å². The minimum absolute atomic E-state index is 0.199. The van der Waals surface area contributed by atoms with Gasteiger partial charge < -0.3 is 9.53 Å². The number of hydrogen-bond donors (Lipinski definition) is 0. The van der Waals surface area contributed by atoms with Gasteiger partial charge in [0.1, 0.15) is 11.5 Å². The lowest BCUT2D eigenvalue weighted by Gasteiger charge is -2.09. The summed E-state index contributed by atoms with van der Waals surface area (Å²) in [6.07, 6.45) is 1.30. The van der Waals surface area contributed by atoms with Crippen LogP contribution in [0.1, 0.15) is 18.9 Å². The zero-order chi connectivity index (χ0) is 11.4. The maximum atomic E-state index is 10.9. The molecule has 0 aromatic heterocycles. The fourth-order valence-corrected chi connectivity index (χ4v) is 2.78. The molecule has 0 saturated carbocycles. The first kappa shape index (κ1) is 12.7. The van der Waals surface area contributed by atoms with Crippen molar-refractivity contribution in [3.8, 4) is 5.75 Å². The molecular weight excluding hydrogens is 324 g/mol. The number of rotatable bonds is 4. The summed E-state index contributed by atoms with van der Waals surface area (Å²) in [4.78, 5) is 10.9. The molecule has 0 unspecified atom stereocenters. The third kappa shape index (κ3) is 3.61. The molecule has 1 aromatic carbocycles. The van der Waals surface area contributed by atoms with Gasteiger partial charge in [-0.3, -0.25) is 0 Å². The summed E-state index contributed by atoms with van der Waals surface area (Å²) in [7, 11) is 1.63. The van der Waals surface area contributed by atoms with E-state index in [0.717, 1.165) is 26.7 Å². The Balaban J connectivity index is 2.92. The summed E-state index contributed by atoms with van der Waals surface area (Å²) in [6.45, 7) is 1.60. The van der Waals surface area contributed by atoms with Crippen LogP contribution in [0.4, 0.5) is 0 Å². The largest absolute Gasteiger partial charge is 0.497 e. The van der Waals surface area contributed by atoms with Gasteiger partial charge in [-0.1, -0.05) is 31.9 Å². The Bertz CT molecular complexity index is 352. The molecule has 0 aliphatic heterocycles. The number of ketones is 1. The molecule has 2 nitrogen and oxygen atoms in total. The molecule has 0 atom stereocenters. The lowest BCUT2D eigenvalue weighted by atomic mass is 10.1. The second-order valence-electron chi connectivity index (χ2n) is 3.27. The summed E-state index contributed by atoms with van der Waals surface area (Å²) in [6, 6.07) is 3.81. The summed E-state index contributed by atoms with van der Waals surface area (Å²) in [5, 5.41) is 0. The molecule has 0 amide bonds. The van der Waals surface area contributed by atoms with Crippen molar-refractivity contribution in [1.29, 1.82) is 0 Å². The molecule has 0 heterocycles. The summed E-state index contributed by atoms with van der Waals surface area (Å²) in [5.74, 6) is 0.991. The van der Waals surface area contributed by atoms with Crippen molar-refractivity contribution in [3.05, 3.63) is 26.6 Å². The van der Waals surface area contributed by atoms with E-state index in [1.807, 2.05) is 12.1 Å². The van der Waals surface area contributed by atoms with Crippen LogP contribution in [0.2, 0.25) is 0 Å². The van der Waals surface area contributed by atoms with Crippen molar-refractivity contribution in [2.45, 2.75) is 19.8 Å². The molecule has 0 aliphatic carbocycles. The number of halogens is 2. The molecule has 1 rings (SSSR count). The third-order valence-electron chi connectivity index (χ3n) is 2.08. The standard InChI is InChI=1S/C11H12Br2O2/c1-7(14)3-4-9-10(12)5-8(15-2)6-11(9)13/h5-6H,3-4H2,1-2H3. The first-order valence-electron chi connectivity index (χ1n) is 4.56. The number of ether oxygens (including phenoxy) is 1. The van der Waals surface area contributed by atoms with Crippen molar-refractivity contribution in [2.24, 2.45) is 0 Å². The molecule has 0 fully saturated rings. The summed E-state index contributed by atoms with van der Waals surface area (Å²) < 4.78 is 7.06. The van der Waals surface area contributed by atoms with Crippen LogP contribution in [-0.2, 0) is 11.2 Å². The number of carbonyl (C=O) groups excluding carboxylic acids is 1. The van der Waals surface area contributed by atoms with Gasteiger partial charge >= 0.3 is 0 Å². The molecule has 0 saturated heterocycles. The van der Waals surface area contributed by atoms with E-state index >= 15 is 0 Å². The van der Waals surface area contributed by atoms with Gasteiger partial charge in [-0.15, -0.1) is 0 Å². The summed E-state index contributed by atoms with van der Waals surface area (Å²) in [5.41, 5.74) is 1.10. The lowest BCUT2D eigenvalue weighted by molar-refractivity contribution is -0.116. The van der Waals surface area contributed by atoms with E-state index in [4.69, 9.17) is 4.74 Å². The van der Waals surface area contributed by atoms with E-state index in [0.29, 0.717) is 6.42 Å². The van der Waals surface area contributed by atoms with Crippen LogP contribution in [0.15, 0.2) is 21.1 Å². The maximum absolute atomic E-state index is 10.9. The Morgan fingerprint density at radius 1 is 1.33 bits per heavy atom. The fraction of sp³-hybridized carbons (Fsp3) is 0.364. The van der Waals surface area contributed by atoms with Gasteiger partial charge in [-0.2, -0.15) is 0 Å². The highest BCUT2D eigenvalue weighted by Gasteiger charge is 2.08. The highest BCUT2D eigenvalue weighted by molar-refractivity contribution is 9.11. The average molecular weight is 336 g/mol. The van der Waals surface area contributed by atoms with E-state index in [1.165, 1.54) is 0 Å². The molecular formula is C11H12Br2O2. The number of methoxy groups -OCH3 is 1. The zero-order valence-corrected chi connectivity index (χ0v) is 11.8. The average Bonchev–Trinajstić information content (AvgIpc) is 2.15. The fourth-order valence-electron chi connectivity index (χ4n) is 1.24. The monoisotopic (exact) mass is 334 g/mol. The Kier molecular flexibility index (Phi) is 4.80. The number of benzene rings is 1. The molecule has 1 aromatic rings. The first-order valence-corrected chi connectivity index (χ1v) is 6.14. The zero-order valence-electron chi connectivity index (χ0n) is 8.64. The Labute approximate surface area is 106 Å². The minimum atomic E-state index is 0.199. The lowest BCUT2D eigenvalue weighted by Crippen LogP contribution is -1.96. The Morgan fingerprint density at radius 3 is 2.27 bits per heavy atom. The molecule has 0 spiro atoms. The van der Waals surface area contributed by atoms with Gasteiger partial charge in [0, 0.05) is 15.4 Å². The quantitative estimate of drug-likeness (QED) is 0.837. The van der Waals surface area contributed by atoms with Crippen molar-refractivity contribution < 1.29 is 9.53 Å². The Hall–Kier alpha value is -0.350. The molecule has 82 valence electrons. The van der Waals surface area contributed by atoms with E-state index in [1.54, 1.807) is 14.0 Å². The molecule has 15 heavy (non-hydrogen) atoms. The second kappa shape index (κ2) is 5.66. The maximum Gasteiger partial charge on any atom is 0.130 e. The number of hydrogen-bond acceptors (Lipinski definition) is 2. The van der Waals surface area contributed by atoms with Gasteiger partial charge in [0.05, 0.1) is 7.11 Å². The van der Waals surface area contributed by atoms with E-state index in [9.17, 15) is 4.79 Å². The van der Waals surface area contributed by atoms with E-state index in [2.05, 4.69) is 31.9 Å². The van der Waals surface area contributed by atoms with Crippen LogP contribution in [-0.4, -0.2) is 12.9 Å². The van der Waals surface area contributed by atoms with Gasteiger partial charge in [0.2, 0.25) is 0 Å².